The molecule has 38 heavy (non-hydrogen) atoms. The van der Waals surface area contributed by atoms with Gasteiger partial charge in [-0.15, -0.1) is 26.3 Å². The van der Waals surface area contributed by atoms with Crippen molar-refractivity contribution in [3.05, 3.63) is 54.1 Å². The molecule has 2 aromatic carbocycles. The maximum atomic E-state index is 12.4. The van der Waals surface area contributed by atoms with Crippen molar-refractivity contribution in [1.29, 1.82) is 0 Å². The van der Waals surface area contributed by atoms with Gasteiger partial charge in [0.25, 0.3) is 0 Å². The van der Waals surface area contributed by atoms with Gasteiger partial charge in [0.15, 0.2) is 0 Å². The van der Waals surface area contributed by atoms with Gasteiger partial charge in [-0.1, -0.05) is 0 Å². The molecule has 16 heteroatoms. The molecular formula is C22H21F6N7O3. The molecule has 0 aliphatic carbocycles. The summed E-state index contributed by atoms with van der Waals surface area (Å²) in [5, 5.41) is 9.82. The number of methoxy groups -OCH3 is 1. The number of aromatic nitrogens is 3. The van der Waals surface area contributed by atoms with E-state index in [0.29, 0.717) is 17.9 Å². The fourth-order valence-electron chi connectivity index (χ4n) is 2.85. The topological polar surface area (TPSA) is 115 Å². The van der Waals surface area contributed by atoms with Crippen LogP contribution in [0.4, 0.5) is 49.9 Å². The highest BCUT2D eigenvalue weighted by atomic mass is 19.4. The third-order valence-electron chi connectivity index (χ3n) is 4.26. The standard InChI is InChI=1S/C22H21F6N7O3/c1-13(12-36-2)30-18-32-19(31-15-5-9-17(10-6-15)38-22(26,27)28)34-20(33-18)35-29-11-14-3-7-16(8-4-14)37-21(23,24)25/h3-11,13H,12H2,1-2H3,(H3,30,31,32,33,34,35)/b29-11+. The van der Waals surface area contributed by atoms with Crippen molar-refractivity contribution >= 4 is 29.7 Å². The molecule has 0 amide bonds. The zero-order valence-electron chi connectivity index (χ0n) is 19.8. The summed E-state index contributed by atoms with van der Waals surface area (Å²) in [6, 6.07) is 9.69. The molecule has 0 saturated carbocycles. The maximum absolute atomic E-state index is 12.4. The van der Waals surface area contributed by atoms with E-state index < -0.39 is 18.5 Å². The molecule has 0 aliphatic rings. The Morgan fingerprint density at radius 2 is 1.34 bits per heavy atom. The molecule has 3 N–H and O–H groups in total. The Morgan fingerprint density at radius 1 is 0.816 bits per heavy atom. The summed E-state index contributed by atoms with van der Waals surface area (Å²) in [4.78, 5) is 12.6. The highest BCUT2D eigenvalue weighted by Crippen LogP contribution is 2.25. The molecule has 0 spiro atoms. The van der Waals surface area contributed by atoms with Gasteiger partial charge < -0.3 is 24.8 Å². The van der Waals surface area contributed by atoms with E-state index >= 15 is 0 Å². The fourth-order valence-corrected chi connectivity index (χ4v) is 2.85. The van der Waals surface area contributed by atoms with Crippen molar-refractivity contribution < 1.29 is 40.6 Å². The maximum Gasteiger partial charge on any atom is 0.573 e. The van der Waals surface area contributed by atoms with Crippen molar-refractivity contribution in [1.82, 2.24) is 15.0 Å². The van der Waals surface area contributed by atoms with Gasteiger partial charge in [0.2, 0.25) is 17.8 Å². The van der Waals surface area contributed by atoms with Crippen molar-refractivity contribution in [2.24, 2.45) is 5.10 Å². The Kier molecular flexibility index (Phi) is 9.11. The molecule has 0 fully saturated rings. The average Bonchev–Trinajstić information content (AvgIpc) is 2.80. The highest BCUT2D eigenvalue weighted by molar-refractivity contribution is 5.80. The van der Waals surface area contributed by atoms with E-state index in [9.17, 15) is 26.3 Å². The molecule has 204 valence electrons. The van der Waals surface area contributed by atoms with E-state index in [1.54, 1.807) is 0 Å². The zero-order chi connectivity index (χ0) is 27.8. The number of hydrazone groups is 1. The van der Waals surface area contributed by atoms with Crippen LogP contribution in [0.5, 0.6) is 11.5 Å². The first-order valence-electron chi connectivity index (χ1n) is 10.7. The Morgan fingerprint density at radius 3 is 1.89 bits per heavy atom. The van der Waals surface area contributed by atoms with Crippen molar-refractivity contribution in [3.63, 3.8) is 0 Å². The third kappa shape index (κ3) is 9.96. The van der Waals surface area contributed by atoms with Crippen LogP contribution in [0.3, 0.4) is 0 Å². The third-order valence-corrected chi connectivity index (χ3v) is 4.26. The number of halogens is 6. The SMILES string of the molecule is COCC(C)Nc1nc(N/N=C/c2ccc(OC(F)(F)F)cc2)nc(Nc2ccc(OC(F)(F)F)cc2)n1. The van der Waals surface area contributed by atoms with Gasteiger partial charge in [-0.2, -0.15) is 20.1 Å². The summed E-state index contributed by atoms with van der Waals surface area (Å²) < 4.78 is 86.7. The second-order valence-electron chi connectivity index (χ2n) is 7.49. The van der Waals surface area contributed by atoms with Crippen LogP contribution in [-0.4, -0.2) is 53.6 Å². The van der Waals surface area contributed by atoms with Crippen LogP contribution in [0, 0.1) is 0 Å². The number of rotatable bonds is 11. The van der Waals surface area contributed by atoms with E-state index in [1.165, 1.54) is 37.6 Å². The van der Waals surface area contributed by atoms with Gasteiger partial charge in [-0.05, 0) is 61.0 Å². The molecule has 3 rings (SSSR count). The summed E-state index contributed by atoms with van der Waals surface area (Å²) in [5.41, 5.74) is 3.40. The molecule has 10 nitrogen and oxygen atoms in total. The van der Waals surface area contributed by atoms with E-state index in [4.69, 9.17) is 4.74 Å². The van der Waals surface area contributed by atoms with Crippen molar-refractivity contribution in [2.75, 3.05) is 29.8 Å². The van der Waals surface area contributed by atoms with Gasteiger partial charge in [0, 0.05) is 18.8 Å². The zero-order valence-corrected chi connectivity index (χ0v) is 19.8. The largest absolute Gasteiger partial charge is 0.573 e. The number of benzene rings is 2. The van der Waals surface area contributed by atoms with Gasteiger partial charge in [0.05, 0.1) is 12.8 Å². The quantitative estimate of drug-likeness (QED) is 0.168. The summed E-state index contributed by atoms with van der Waals surface area (Å²) in [6.07, 6.45) is -8.30. The number of nitrogens with zero attached hydrogens (tertiary/aromatic N) is 4. The van der Waals surface area contributed by atoms with Crippen LogP contribution in [0.2, 0.25) is 0 Å². The molecule has 0 radical (unpaired) electrons. The molecular weight excluding hydrogens is 524 g/mol. The van der Waals surface area contributed by atoms with Crippen molar-refractivity contribution in [2.45, 2.75) is 25.7 Å². The molecule has 0 aliphatic heterocycles. The molecule has 1 aromatic heterocycles. The predicted molar refractivity (Wildman–Crippen MR) is 126 cm³/mol. The first-order valence-corrected chi connectivity index (χ1v) is 10.7. The molecule has 0 saturated heterocycles. The monoisotopic (exact) mass is 545 g/mol. The Hall–Kier alpha value is -4.34. The number of nitrogens with one attached hydrogen (secondary N) is 3. The van der Waals surface area contributed by atoms with Crippen LogP contribution in [0.1, 0.15) is 12.5 Å². The smallest absolute Gasteiger partial charge is 0.406 e. The normalized spacial score (nSPS) is 12.7. The number of hydrogen-bond donors (Lipinski definition) is 3. The Labute approximate surface area is 212 Å². The van der Waals surface area contributed by atoms with Gasteiger partial charge >= 0.3 is 12.7 Å². The average molecular weight is 545 g/mol. The summed E-state index contributed by atoms with van der Waals surface area (Å²) >= 11 is 0. The molecule has 3 aromatic rings. The Bertz CT molecular complexity index is 1210. The number of alkyl halides is 6. The van der Waals surface area contributed by atoms with Gasteiger partial charge in [0.1, 0.15) is 11.5 Å². The molecule has 1 atom stereocenters. The lowest BCUT2D eigenvalue weighted by Crippen LogP contribution is -2.23. The first-order chi connectivity index (χ1) is 17.9. The van der Waals surface area contributed by atoms with E-state index in [0.717, 1.165) is 24.3 Å². The lowest BCUT2D eigenvalue weighted by atomic mass is 10.2. The summed E-state index contributed by atoms with van der Waals surface area (Å²) in [5.74, 6) is -0.628. The second-order valence-corrected chi connectivity index (χ2v) is 7.49. The lowest BCUT2D eigenvalue weighted by Gasteiger charge is -2.14. The van der Waals surface area contributed by atoms with Gasteiger partial charge in [-0.3, -0.25) is 0 Å². The predicted octanol–water partition coefficient (Wildman–Crippen LogP) is 5.31. The van der Waals surface area contributed by atoms with Crippen LogP contribution in [-0.2, 0) is 4.74 Å². The summed E-state index contributed by atoms with van der Waals surface area (Å²) in [7, 11) is 1.52. The number of ether oxygens (including phenoxy) is 3. The van der Waals surface area contributed by atoms with Crippen LogP contribution >= 0.6 is 0 Å². The lowest BCUT2D eigenvalue weighted by molar-refractivity contribution is -0.275. The number of anilines is 4. The van der Waals surface area contributed by atoms with E-state index in [-0.39, 0.29) is 29.6 Å². The minimum atomic E-state index is -4.82. The van der Waals surface area contributed by atoms with Gasteiger partial charge in [-0.25, -0.2) is 5.43 Å². The summed E-state index contributed by atoms with van der Waals surface area (Å²) in [6.45, 7) is 2.15. The fraction of sp³-hybridized carbons (Fsp3) is 0.273. The van der Waals surface area contributed by atoms with E-state index in [2.05, 4.69) is 45.6 Å². The molecule has 1 heterocycles. The number of hydrogen-bond acceptors (Lipinski definition) is 10. The molecule has 1 unspecified atom stereocenters. The van der Waals surface area contributed by atoms with Crippen LogP contribution in [0.25, 0.3) is 0 Å². The minimum absolute atomic E-state index is 0.0140. The Balaban J connectivity index is 1.74. The van der Waals surface area contributed by atoms with Crippen LogP contribution in [0.15, 0.2) is 53.6 Å². The second kappa shape index (κ2) is 12.3. The van der Waals surface area contributed by atoms with E-state index in [1.807, 2.05) is 6.92 Å². The molecule has 0 bridgehead atoms. The van der Waals surface area contributed by atoms with Crippen molar-refractivity contribution in [3.8, 4) is 11.5 Å². The first kappa shape index (κ1) is 28.2. The minimum Gasteiger partial charge on any atom is -0.406 e. The van der Waals surface area contributed by atoms with Crippen LogP contribution < -0.4 is 25.5 Å². The highest BCUT2D eigenvalue weighted by Gasteiger charge is 2.31.